The molecule has 0 aliphatic heterocycles. The fourth-order valence-electron chi connectivity index (χ4n) is 2.97. The Labute approximate surface area is 166 Å². The molecule has 0 heterocycles. The fraction of sp³-hybridized carbons (Fsp3) is 0.208. The molecule has 4 nitrogen and oxygen atoms in total. The van der Waals surface area contributed by atoms with Crippen molar-refractivity contribution < 1.29 is 9.53 Å². The first-order chi connectivity index (χ1) is 13.7. The van der Waals surface area contributed by atoms with Crippen LogP contribution >= 0.6 is 0 Å². The SMILES string of the molecule is COc1ccc(CNC(=O)CNC(C)c2ccc(-c3ccccc3)cc2)cc1. The average molecular weight is 374 g/mol. The molecule has 1 unspecified atom stereocenters. The van der Waals surface area contributed by atoms with Crippen molar-refractivity contribution in [3.8, 4) is 16.9 Å². The van der Waals surface area contributed by atoms with Gasteiger partial charge in [0.25, 0.3) is 0 Å². The summed E-state index contributed by atoms with van der Waals surface area (Å²) in [7, 11) is 1.64. The predicted molar refractivity (Wildman–Crippen MR) is 113 cm³/mol. The van der Waals surface area contributed by atoms with E-state index < -0.39 is 0 Å². The van der Waals surface area contributed by atoms with Gasteiger partial charge in [-0.2, -0.15) is 0 Å². The summed E-state index contributed by atoms with van der Waals surface area (Å²) in [6.07, 6.45) is 0. The van der Waals surface area contributed by atoms with Crippen LogP contribution in [-0.4, -0.2) is 19.6 Å². The minimum atomic E-state index is -0.0245. The molecule has 3 aromatic rings. The Kier molecular flexibility index (Phi) is 6.82. The van der Waals surface area contributed by atoms with E-state index in [0.29, 0.717) is 6.54 Å². The zero-order valence-electron chi connectivity index (χ0n) is 16.3. The molecule has 0 saturated carbocycles. The van der Waals surface area contributed by atoms with Gasteiger partial charge in [-0.3, -0.25) is 4.79 Å². The Morgan fingerprint density at radius 2 is 1.54 bits per heavy atom. The van der Waals surface area contributed by atoms with Crippen molar-refractivity contribution in [2.75, 3.05) is 13.7 Å². The normalized spacial score (nSPS) is 11.6. The highest BCUT2D eigenvalue weighted by Gasteiger charge is 2.08. The molecule has 2 N–H and O–H groups in total. The largest absolute Gasteiger partial charge is 0.497 e. The first-order valence-electron chi connectivity index (χ1n) is 9.44. The molecule has 0 aliphatic carbocycles. The van der Waals surface area contributed by atoms with Gasteiger partial charge in [0, 0.05) is 12.6 Å². The van der Waals surface area contributed by atoms with E-state index in [9.17, 15) is 4.79 Å². The van der Waals surface area contributed by atoms with Gasteiger partial charge < -0.3 is 15.4 Å². The zero-order valence-corrected chi connectivity index (χ0v) is 16.3. The van der Waals surface area contributed by atoms with E-state index in [1.165, 1.54) is 11.1 Å². The monoisotopic (exact) mass is 374 g/mol. The van der Waals surface area contributed by atoms with Gasteiger partial charge in [-0.15, -0.1) is 0 Å². The standard InChI is InChI=1S/C24H26N2O2/c1-18(20-10-12-22(13-11-20)21-6-4-3-5-7-21)25-17-24(27)26-16-19-8-14-23(28-2)15-9-19/h3-15,18,25H,16-17H2,1-2H3,(H,26,27). The molecule has 0 bridgehead atoms. The van der Waals surface area contributed by atoms with Crippen molar-refractivity contribution in [2.45, 2.75) is 19.5 Å². The van der Waals surface area contributed by atoms with Crippen molar-refractivity contribution in [2.24, 2.45) is 0 Å². The van der Waals surface area contributed by atoms with Crippen LogP contribution in [-0.2, 0) is 11.3 Å². The van der Waals surface area contributed by atoms with Crippen LogP contribution in [0.15, 0.2) is 78.9 Å². The number of carbonyl (C=O) groups is 1. The van der Waals surface area contributed by atoms with Crippen LogP contribution < -0.4 is 15.4 Å². The first kappa shape index (κ1) is 19.6. The van der Waals surface area contributed by atoms with Crippen molar-refractivity contribution in [3.63, 3.8) is 0 Å². The van der Waals surface area contributed by atoms with Crippen LogP contribution in [0.2, 0.25) is 0 Å². The number of ether oxygens (including phenoxy) is 1. The number of hydrogen-bond acceptors (Lipinski definition) is 3. The summed E-state index contributed by atoms with van der Waals surface area (Å²) in [6.45, 7) is 2.84. The number of benzene rings is 3. The lowest BCUT2D eigenvalue weighted by molar-refractivity contribution is -0.120. The second-order valence-electron chi connectivity index (χ2n) is 6.72. The van der Waals surface area contributed by atoms with Gasteiger partial charge in [0.15, 0.2) is 0 Å². The summed E-state index contributed by atoms with van der Waals surface area (Å²) in [5.74, 6) is 0.785. The van der Waals surface area contributed by atoms with E-state index in [1.807, 2.05) is 42.5 Å². The maximum Gasteiger partial charge on any atom is 0.234 e. The van der Waals surface area contributed by atoms with Crippen LogP contribution in [0.4, 0.5) is 0 Å². The van der Waals surface area contributed by atoms with E-state index in [4.69, 9.17) is 4.74 Å². The van der Waals surface area contributed by atoms with Gasteiger partial charge in [0.1, 0.15) is 5.75 Å². The molecular weight excluding hydrogens is 348 g/mol. The van der Waals surface area contributed by atoms with Gasteiger partial charge in [-0.1, -0.05) is 66.7 Å². The highest BCUT2D eigenvalue weighted by atomic mass is 16.5. The molecule has 0 aromatic heterocycles. The molecule has 144 valence electrons. The molecular formula is C24H26N2O2. The van der Waals surface area contributed by atoms with Gasteiger partial charge in [0.05, 0.1) is 13.7 Å². The molecule has 0 saturated heterocycles. The van der Waals surface area contributed by atoms with Crippen LogP contribution in [0.3, 0.4) is 0 Å². The Balaban J connectivity index is 1.46. The quantitative estimate of drug-likeness (QED) is 0.617. The third-order valence-corrected chi connectivity index (χ3v) is 4.74. The van der Waals surface area contributed by atoms with E-state index in [-0.39, 0.29) is 18.5 Å². The van der Waals surface area contributed by atoms with Crippen molar-refractivity contribution in [1.29, 1.82) is 0 Å². The van der Waals surface area contributed by atoms with Gasteiger partial charge in [0.2, 0.25) is 5.91 Å². The van der Waals surface area contributed by atoms with Crippen molar-refractivity contribution in [1.82, 2.24) is 10.6 Å². The summed E-state index contributed by atoms with van der Waals surface area (Å²) in [5.41, 5.74) is 4.59. The van der Waals surface area contributed by atoms with Crippen LogP contribution in [0.5, 0.6) is 5.75 Å². The Morgan fingerprint density at radius 1 is 0.893 bits per heavy atom. The molecule has 0 fully saturated rings. The lowest BCUT2D eigenvalue weighted by Crippen LogP contribution is -2.34. The summed E-state index contributed by atoms with van der Waals surface area (Å²) < 4.78 is 5.14. The Bertz CT molecular complexity index is 875. The smallest absolute Gasteiger partial charge is 0.234 e. The second-order valence-corrected chi connectivity index (χ2v) is 6.72. The minimum absolute atomic E-state index is 0.0245. The number of carbonyl (C=O) groups excluding carboxylic acids is 1. The van der Waals surface area contributed by atoms with Gasteiger partial charge >= 0.3 is 0 Å². The Morgan fingerprint density at radius 3 is 2.18 bits per heavy atom. The molecule has 1 amide bonds. The molecule has 0 spiro atoms. The van der Waals surface area contributed by atoms with E-state index in [0.717, 1.165) is 16.9 Å². The molecule has 3 aromatic carbocycles. The Hall–Kier alpha value is -3.11. The minimum Gasteiger partial charge on any atom is -0.497 e. The molecule has 0 aliphatic rings. The third kappa shape index (κ3) is 5.44. The molecule has 3 rings (SSSR count). The fourth-order valence-corrected chi connectivity index (χ4v) is 2.97. The highest BCUT2D eigenvalue weighted by Crippen LogP contribution is 2.21. The third-order valence-electron chi connectivity index (χ3n) is 4.74. The predicted octanol–water partition coefficient (Wildman–Crippen LogP) is 4.33. The number of rotatable bonds is 8. The van der Waals surface area contributed by atoms with E-state index >= 15 is 0 Å². The van der Waals surface area contributed by atoms with Crippen LogP contribution in [0.1, 0.15) is 24.1 Å². The van der Waals surface area contributed by atoms with Crippen molar-refractivity contribution in [3.05, 3.63) is 90.0 Å². The van der Waals surface area contributed by atoms with Gasteiger partial charge in [-0.25, -0.2) is 0 Å². The van der Waals surface area contributed by atoms with Crippen LogP contribution in [0.25, 0.3) is 11.1 Å². The molecule has 0 radical (unpaired) electrons. The number of methoxy groups -OCH3 is 1. The highest BCUT2D eigenvalue weighted by molar-refractivity contribution is 5.78. The lowest BCUT2D eigenvalue weighted by Gasteiger charge is -2.15. The number of nitrogens with one attached hydrogen (secondary N) is 2. The summed E-state index contributed by atoms with van der Waals surface area (Å²) in [6, 6.07) is 26.5. The second kappa shape index (κ2) is 9.72. The maximum absolute atomic E-state index is 12.1. The van der Waals surface area contributed by atoms with Gasteiger partial charge in [-0.05, 0) is 41.3 Å². The van der Waals surface area contributed by atoms with Crippen molar-refractivity contribution >= 4 is 5.91 Å². The van der Waals surface area contributed by atoms with E-state index in [1.54, 1.807) is 7.11 Å². The zero-order chi connectivity index (χ0) is 19.8. The molecule has 4 heteroatoms. The molecule has 1 atom stereocenters. The maximum atomic E-state index is 12.1. The first-order valence-corrected chi connectivity index (χ1v) is 9.44. The topological polar surface area (TPSA) is 50.4 Å². The lowest BCUT2D eigenvalue weighted by atomic mass is 10.0. The summed E-state index contributed by atoms with van der Waals surface area (Å²) >= 11 is 0. The number of hydrogen-bond donors (Lipinski definition) is 2. The summed E-state index contributed by atoms with van der Waals surface area (Å²) in [4.78, 5) is 12.1. The van der Waals surface area contributed by atoms with E-state index in [2.05, 4.69) is 54.0 Å². The number of amides is 1. The average Bonchev–Trinajstić information content (AvgIpc) is 2.77. The van der Waals surface area contributed by atoms with Crippen LogP contribution in [0, 0.1) is 0 Å². The molecule has 28 heavy (non-hydrogen) atoms. The summed E-state index contributed by atoms with van der Waals surface area (Å²) in [5, 5.41) is 6.21.